The second kappa shape index (κ2) is 5.34. The van der Waals surface area contributed by atoms with Crippen molar-refractivity contribution < 1.29 is 18.3 Å². The van der Waals surface area contributed by atoms with Crippen molar-refractivity contribution in [1.29, 1.82) is 5.26 Å². The van der Waals surface area contributed by atoms with Gasteiger partial charge in [-0.2, -0.15) is 5.26 Å². The maximum Gasteiger partial charge on any atom is 0.341 e. The first-order valence-corrected chi connectivity index (χ1v) is 4.87. The van der Waals surface area contributed by atoms with Crippen LogP contribution in [0, 0.1) is 18.3 Å². The number of ether oxygens (including phenoxy) is 1. The van der Waals surface area contributed by atoms with E-state index in [9.17, 15) is 13.6 Å². The van der Waals surface area contributed by atoms with Crippen LogP contribution in [0.1, 0.15) is 40.5 Å². The molecular weight excluding hydrogens is 230 g/mol. The van der Waals surface area contributed by atoms with Crippen LogP contribution in [0.25, 0.3) is 0 Å². The third-order valence-corrected chi connectivity index (χ3v) is 2.12. The van der Waals surface area contributed by atoms with Crippen LogP contribution in [0.15, 0.2) is 6.20 Å². The quantitative estimate of drug-likeness (QED) is 0.761. The minimum atomic E-state index is -2.86. The number of hydrogen-bond donors (Lipinski definition) is 0. The summed E-state index contributed by atoms with van der Waals surface area (Å²) >= 11 is 0. The predicted octanol–water partition coefficient (Wildman–Crippen LogP) is 2.38. The van der Waals surface area contributed by atoms with Gasteiger partial charge >= 0.3 is 5.97 Å². The fourth-order valence-corrected chi connectivity index (χ4v) is 1.36. The predicted molar refractivity (Wildman–Crippen MR) is 54.6 cm³/mol. The van der Waals surface area contributed by atoms with Crippen molar-refractivity contribution in [3.05, 3.63) is 28.6 Å². The third kappa shape index (κ3) is 2.56. The smallest absolute Gasteiger partial charge is 0.341 e. The Morgan fingerprint density at radius 3 is 2.76 bits per heavy atom. The van der Waals surface area contributed by atoms with E-state index in [1.165, 1.54) is 6.92 Å². The van der Waals surface area contributed by atoms with Crippen molar-refractivity contribution in [2.24, 2.45) is 0 Å². The molecule has 1 aromatic heterocycles. The normalized spacial score (nSPS) is 10.1. The Bertz CT molecular complexity index is 481. The van der Waals surface area contributed by atoms with Gasteiger partial charge in [-0.05, 0) is 13.8 Å². The van der Waals surface area contributed by atoms with Crippen LogP contribution < -0.4 is 0 Å². The molecule has 0 bridgehead atoms. The van der Waals surface area contributed by atoms with Gasteiger partial charge in [0.25, 0.3) is 6.43 Å². The summed E-state index contributed by atoms with van der Waals surface area (Å²) in [5.41, 5.74) is -0.913. The number of carbonyl (C=O) groups is 1. The largest absolute Gasteiger partial charge is 0.462 e. The summed E-state index contributed by atoms with van der Waals surface area (Å²) in [5, 5.41) is 8.87. The van der Waals surface area contributed by atoms with Gasteiger partial charge < -0.3 is 4.74 Å². The molecule has 1 aromatic rings. The molecular formula is C11H10F2N2O2. The van der Waals surface area contributed by atoms with E-state index >= 15 is 0 Å². The monoisotopic (exact) mass is 240 g/mol. The number of pyridine rings is 1. The Morgan fingerprint density at radius 2 is 2.29 bits per heavy atom. The van der Waals surface area contributed by atoms with E-state index in [2.05, 4.69) is 4.98 Å². The fraction of sp³-hybridized carbons (Fsp3) is 0.364. The van der Waals surface area contributed by atoms with E-state index < -0.39 is 18.0 Å². The second-order valence-corrected chi connectivity index (χ2v) is 3.18. The molecule has 0 aliphatic carbocycles. The zero-order valence-corrected chi connectivity index (χ0v) is 9.33. The molecule has 0 radical (unpaired) electrons. The lowest BCUT2D eigenvalue weighted by molar-refractivity contribution is 0.0524. The Morgan fingerprint density at radius 1 is 1.65 bits per heavy atom. The topological polar surface area (TPSA) is 63.0 Å². The molecule has 1 heterocycles. The van der Waals surface area contributed by atoms with E-state index in [-0.39, 0.29) is 23.4 Å². The zero-order chi connectivity index (χ0) is 13.0. The van der Waals surface area contributed by atoms with Crippen molar-refractivity contribution in [2.75, 3.05) is 6.61 Å². The van der Waals surface area contributed by atoms with Crippen molar-refractivity contribution in [2.45, 2.75) is 20.3 Å². The number of hydrogen-bond acceptors (Lipinski definition) is 4. The van der Waals surface area contributed by atoms with Crippen LogP contribution in [-0.2, 0) is 4.74 Å². The Balaban J connectivity index is 3.42. The SMILES string of the molecule is CCOC(=O)c1c(C)ncc(C(F)F)c1C#N. The number of halogens is 2. The number of rotatable bonds is 3. The molecule has 0 aliphatic rings. The zero-order valence-electron chi connectivity index (χ0n) is 9.33. The molecule has 0 N–H and O–H groups in total. The molecule has 0 atom stereocenters. The average Bonchev–Trinajstić information content (AvgIpc) is 2.28. The van der Waals surface area contributed by atoms with Gasteiger partial charge in [0, 0.05) is 6.20 Å². The highest BCUT2D eigenvalue weighted by molar-refractivity contribution is 5.93. The average molecular weight is 240 g/mol. The molecule has 1 rings (SSSR count). The van der Waals surface area contributed by atoms with Gasteiger partial charge in [0.15, 0.2) is 0 Å². The van der Waals surface area contributed by atoms with Crippen LogP contribution >= 0.6 is 0 Å². The molecule has 0 saturated carbocycles. The van der Waals surface area contributed by atoms with Crippen LogP contribution in [0.5, 0.6) is 0 Å². The molecule has 0 saturated heterocycles. The van der Waals surface area contributed by atoms with E-state index in [0.717, 1.165) is 6.20 Å². The highest BCUT2D eigenvalue weighted by atomic mass is 19.3. The highest BCUT2D eigenvalue weighted by Crippen LogP contribution is 2.26. The molecule has 0 spiro atoms. The van der Waals surface area contributed by atoms with E-state index in [1.54, 1.807) is 13.0 Å². The number of alkyl halides is 2. The van der Waals surface area contributed by atoms with Crippen molar-refractivity contribution in [1.82, 2.24) is 4.98 Å². The van der Waals surface area contributed by atoms with Crippen LogP contribution in [-0.4, -0.2) is 17.6 Å². The summed E-state index contributed by atoms with van der Waals surface area (Å²) in [6, 6.07) is 1.60. The van der Waals surface area contributed by atoms with Gasteiger partial charge in [-0.3, -0.25) is 4.98 Å². The number of nitriles is 1. The third-order valence-electron chi connectivity index (χ3n) is 2.12. The minimum Gasteiger partial charge on any atom is -0.462 e. The molecule has 0 aliphatic heterocycles. The summed E-state index contributed by atoms with van der Waals surface area (Å²) in [7, 11) is 0. The summed E-state index contributed by atoms with van der Waals surface area (Å²) in [6.45, 7) is 3.15. The van der Waals surface area contributed by atoms with Gasteiger partial charge in [0.05, 0.1) is 29.0 Å². The molecule has 90 valence electrons. The standard InChI is InChI=1S/C11H10F2N2O2/c1-3-17-11(16)9-6(2)15-5-8(10(12)13)7(9)4-14/h5,10H,3H2,1-2H3. The summed E-state index contributed by atoms with van der Waals surface area (Å²) < 4.78 is 30.0. The van der Waals surface area contributed by atoms with E-state index in [0.29, 0.717) is 0 Å². The van der Waals surface area contributed by atoms with E-state index in [4.69, 9.17) is 10.00 Å². The maximum atomic E-state index is 12.6. The first-order valence-electron chi connectivity index (χ1n) is 4.87. The number of carbonyl (C=O) groups excluding carboxylic acids is 1. The van der Waals surface area contributed by atoms with Gasteiger partial charge in [0.2, 0.25) is 0 Å². The fourth-order valence-electron chi connectivity index (χ4n) is 1.36. The van der Waals surface area contributed by atoms with Crippen LogP contribution in [0.3, 0.4) is 0 Å². The van der Waals surface area contributed by atoms with E-state index in [1.807, 2.05) is 0 Å². The first kappa shape index (κ1) is 13.0. The van der Waals surface area contributed by atoms with Crippen molar-refractivity contribution in [3.8, 4) is 6.07 Å². The molecule has 17 heavy (non-hydrogen) atoms. The van der Waals surface area contributed by atoms with Gasteiger partial charge in [-0.25, -0.2) is 13.6 Å². The summed E-state index contributed by atoms with van der Waals surface area (Å²) in [4.78, 5) is 15.2. The Labute approximate surface area is 96.8 Å². The minimum absolute atomic E-state index is 0.0993. The lowest BCUT2D eigenvalue weighted by atomic mass is 10.0. The summed E-state index contributed by atoms with van der Waals surface area (Å²) in [5.74, 6) is -0.809. The van der Waals surface area contributed by atoms with Crippen LogP contribution in [0.2, 0.25) is 0 Å². The number of aryl methyl sites for hydroxylation is 1. The lowest BCUT2D eigenvalue weighted by Gasteiger charge is -2.10. The van der Waals surface area contributed by atoms with Gasteiger partial charge in [-0.15, -0.1) is 0 Å². The maximum absolute atomic E-state index is 12.6. The molecule has 6 heteroatoms. The molecule has 0 unspecified atom stereocenters. The molecule has 4 nitrogen and oxygen atoms in total. The molecule has 0 amide bonds. The highest BCUT2D eigenvalue weighted by Gasteiger charge is 2.23. The van der Waals surface area contributed by atoms with Crippen molar-refractivity contribution in [3.63, 3.8) is 0 Å². The second-order valence-electron chi connectivity index (χ2n) is 3.18. The Hall–Kier alpha value is -2.03. The van der Waals surface area contributed by atoms with Crippen LogP contribution in [0.4, 0.5) is 8.78 Å². The molecule has 0 aromatic carbocycles. The lowest BCUT2D eigenvalue weighted by Crippen LogP contribution is -2.12. The number of nitrogens with zero attached hydrogens (tertiary/aromatic N) is 2. The van der Waals surface area contributed by atoms with Gasteiger partial charge in [0.1, 0.15) is 6.07 Å². The van der Waals surface area contributed by atoms with Crippen molar-refractivity contribution >= 4 is 5.97 Å². The van der Waals surface area contributed by atoms with Gasteiger partial charge in [-0.1, -0.05) is 0 Å². The first-order chi connectivity index (χ1) is 8.02. The Kier molecular flexibility index (Phi) is 4.10. The summed E-state index contributed by atoms with van der Waals surface area (Å²) in [6.07, 6.45) is -1.95. The number of esters is 1. The molecule has 0 fully saturated rings. The number of aromatic nitrogens is 1.